The number of halogens is 1. The molecule has 0 saturated carbocycles. The molecule has 0 fully saturated rings. The molecule has 0 spiro atoms. The van der Waals surface area contributed by atoms with Crippen molar-refractivity contribution in [3.05, 3.63) is 35.1 Å². The fourth-order valence-corrected chi connectivity index (χ4v) is 1.68. The first-order valence-corrected chi connectivity index (χ1v) is 5.55. The molecule has 15 heavy (non-hydrogen) atoms. The summed E-state index contributed by atoms with van der Waals surface area (Å²) in [6, 6.07) is 5.88. The summed E-state index contributed by atoms with van der Waals surface area (Å²) in [5, 5.41) is 3.36. The van der Waals surface area contributed by atoms with Crippen LogP contribution in [-0.4, -0.2) is 12.6 Å². The first-order chi connectivity index (χ1) is 7.06. The average Bonchev–Trinajstić information content (AvgIpc) is 2.21. The third-order valence-corrected chi connectivity index (χ3v) is 3.00. The fourth-order valence-electron chi connectivity index (χ4n) is 1.68. The predicted molar refractivity (Wildman–Crippen MR) is 62.7 cm³/mol. The zero-order chi connectivity index (χ0) is 11.4. The van der Waals surface area contributed by atoms with E-state index in [9.17, 15) is 4.39 Å². The van der Waals surface area contributed by atoms with E-state index in [2.05, 4.69) is 26.1 Å². The summed E-state index contributed by atoms with van der Waals surface area (Å²) in [5.41, 5.74) is 1.77. The second-order valence-electron chi connectivity index (χ2n) is 4.14. The molecule has 0 aliphatic heterocycles. The number of benzene rings is 1. The maximum absolute atomic E-state index is 13.4. The molecule has 84 valence electrons. The van der Waals surface area contributed by atoms with Gasteiger partial charge in [0, 0.05) is 6.04 Å². The van der Waals surface area contributed by atoms with Crippen LogP contribution >= 0.6 is 0 Å². The van der Waals surface area contributed by atoms with E-state index in [0.29, 0.717) is 17.5 Å². The summed E-state index contributed by atoms with van der Waals surface area (Å²) in [6.45, 7) is 9.07. The highest BCUT2D eigenvalue weighted by atomic mass is 19.1. The second-order valence-corrected chi connectivity index (χ2v) is 4.14. The molecule has 0 bridgehead atoms. The Hall–Kier alpha value is -0.890. The van der Waals surface area contributed by atoms with Crippen molar-refractivity contribution < 1.29 is 4.39 Å². The van der Waals surface area contributed by atoms with Crippen LogP contribution in [0.1, 0.15) is 37.8 Å². The zero-order valence-corrected chi connectivity index (χ0v) is 9.97. The van der Waals surface area contributed by atoms with Gasteiger partial charge < -0.3 is 5.32 Å². The lowest BCUT2D eigenvalue weighted by Crippen LogP contribution is -2.30. The topological polar surface area (TPSA) is 12.0 Å². The van der Waals surface area contributed by atoms with Crippen molar-refractivity contribution in [1.82, 2.24) is 5.32 Å². The van der Waals surface area contributed by atoms with E-state index >= 15 is 0 Å². The lowest BCUT2D eigenvalue weighted by Gasteiger charge is -2.21. The number of rotatable bonds is 4. The highest BCUT2D eigenvalue weighted by molar-refractivity contribution is 5.26. The zero-order valence-electron chi connectivity index (χ0n) is 9.97. The van der Waals surface area contributed by atoms with Gasteiger partial charge >= 0.3 is 0 Å². The first kappa shape index (κ1) is 12.2. The van der Waals surface area contributed by atoms with Gasteiger partial charge in [-0.3, -0.25) is 0 Å². The third kappa shape index (κ3) is 3.03. The number of nitrogens with one attached hydrogen (secondary N) is 1. The molecule has 0 aliphatic carbocycles. The molecule has 0 aromatic heterocycles. The van der Waals surface area contributed by atoms with Crippen LogP contribution in [0, 0.1) is 12.7 Å². The van der Waals surface area contributed by atoms with Gasteiger partial charge in [-0.15, -0.1) is 0 Å². The lowest BCUT2D eigenvalue weighted by atomic mass is 9.93. The van der Waals surface area contributed by atoms with Gasteiger partial charge in [0.15, 0.2) is 0 Å². The Morgan fingerprint density at radius 3 is 2.53 bits per heavy atom. The molecule has 1 nitrogen and oxygen atoms in total. The van der Waals surface area contributed by atoms with Gasteiger partial charge in [0.25, 0.3) is 0 Å². The van der Waals surface area contributed by atoms with Crippen molar-refractivity contribution in [2.24, 2.45) is 0 Å². The molecule has 2 atom stereocenters. The number of aryl methyl sites for hydroxylation is 1. The van der Waals surface area contributed by atoms with Crippen molar-refractivity contribution in [2.75, 3.05) is 6.54 Å². The van der Waals surface area contributed by atoms with Crippen LogP contribution < -0.4 is 5.32 Å². The van der Waals surface area contributed by atoms with Crippen molar-refractivity contribution in [3.63, 3.8) is 0 Å². The van der Waals surface area contributed by atoms with Gasteiger partial charge in [0.1, 0.15) is 5.82 Å². The maximum Gasteiger partial charge on any atom is 0.126 e. The van der Waals surface area contributed by atoms with Crippen LogP contribution in [0.3, 0.4) is 0 Å². The minimum Gasteiger partial charge on any atom is -0.314 e. The molecular formula is C13H20FN. The second kappa shape index (κ2) is 5.26. The molecule has 1 aromatic carbocycles. The molecule has 0 amide bonds. The SMILES string of the molecule is CCNC(C)C(C)c1ccc(C)c(F)c1. The Morgan fingerprint density at radius 2 is 2.00 bits per heavy atom. The van der Waals surface area contributed by atoms with Gasteiger partial charge in [0.2, 0.25) is 0 Å². The minimum atomic E-state index is -0.108. The highest BCUT2D eigenvalue weighted by Gasteiger charge is 2.14. The van der Waals surface area contributed by atoms with Gasteiger partial charge in [-0.25, -0.2) is 4.39 Å². The molecule has 2 unspecified atom stereocenters. The third-order valence-electron chi connectivity index (χ3n) is 3.00. The quantitative estimate of drug-likeness (QED) is 0.802. The molecular weight excluding hydrogens is 189 g/mol. The van der Waals surface area contributed by atoms with Crippen LogP contribution in [0.4, 0.5) is 4.39 Å². The summed E-state index contributed by atoms with van der Waals surface area (Å²) < 4.78 is 13.4. The van der Waals surface area contributed by atoms with E-state index in [0.717, 1.165) is 12.1 Å². The van der Waals surface area contributed by atoms with Gasteiger partial charge in [-0.05, 0) is 43.5 Å². The van der Waals surface area contributed by atoms with E-state index in [-0.39, 0.29) is 5.82 Å². The van der Waals surface area contributed by atoms with Crippen molar-refractivity contribution >= 4 is 0 Å². The Kier molecular flexibility index (Phi) is 4.28. The van der Waals surface area contributed by atoms with Crippen molar-refractivity contribution in [3.8, 4) is 0 Å². The van der Waals surface area contributed by atoms with E-state index in [1.165, 1.54) is 0 Å². The van der Waals surface area contributed by atoms with Crippen LogP contribution in [0.15, 0.2) is 18.2 Å². The first-order valence-electron chi connectivity index (χ1n) is 5.55. The minimum absolute atomic E-state index is 0.108. The van der Waals surface area contributed by atoms with Crippen LogP contribution in [0.5, 0.6) is 0 Å². The standard InChI is InChI=1S/C13H20FN/c1-5-15-11(4)10(3)12-7-6-9(2)13(14)8-12/h6-8,10-11,15H,5H2,1-4H3. The molecule has 0 saturated heterocycles. The Bertz CT molecular complexity index is 322. The highest BCUT2D eigenvalue weighted by Crippen LogP contribution is 2.21. The molecule has 1 aromatic rings. The van der Waals surface area contributed by atoms with Crippen molar-refractivity contribution in [1.29, 1.82) is 0 Å². The predicted octanol–water partition coefficient (Wildman–Crippen LogP) is 3.24. The van der Waals surface area contributed by atoms with Crippen LogP contribution in [-0.2, 0) is 0 Å². The maximum atomic E-state index is 13.4. The lowest BCUT2D eigenvalue weighted by molar-refractivity contribution is 0.492. The summed E-state index contributed by atoms with van der Waals surface area (Å²) in [5.74, 6) is 0.225. The fraction of sp³-hybridized carbons (Fsp3) is 0.538. The van der Waals surface area contributed by atoms with E-state index in [1.54, 1.807) is 13.0 Å². The number of likely N-dealkylation sites (N-methyl/N-ethyl adjacent to an activating group) is 1. The Balaban J connectivity index is 2.81. The smallest absolute Gasteiger partial charge is 0.126 e. The van der Waals surface area contributed by atoms with Crippen LogP contribution in [0.2, 0.25) is 0 Å². The molecule has 0 heterocycles. The summed E-state index contributed by atoms with van der Waals surface area (Å²) in [6.07, 6.45) is 0. The number of hydrogen-bond acceptors (Lipinski definition) is 1. The average molecular weight is 209 g/mol. The Morgan fingerprint density at radius 1 is 1.33 bits per heavy atom. The van der Waals surface area contributed by atoms with Crippen molar-refractivity contribution in [2.45, 2.75) is 39.7 Å². The molecule has 1 N–H and O–H groups in total. The van der Waals surface area contributed by atoms with Gasteiger partial charge in [-0.2, -0.15) is 0 Å². The molecule has 1 rings (SSSR count). The number of hydrogen-bond donors (Lipinski definition) is 1. The normalized spacial score (nSPS) is 15.0. The summed E-state index contributed by atoms with van der Waals surface area (Å²) in [4.78, 5) is 0. The summed E-state index contributed by atoms with van der Waals surface area (Å²) >= 11 is 0. The van der Waals surface area contributed by atoms with E-state index in [4.69, 9.17) is 0 Å². The Labute approximate surface area is 91.7 Å². The molecule has 0 radical (unpaired) electrons. The molecule has 2 heteroatoms. The van der Waals surface area contributed by atoms with Gasteiger partial charge in [-0.1, -0.05) is 26.0 Å². The van der Waals surface area contributed by atoms with Crippen LogP contribution in [0.25, 0.3) is 0 Å². The largest absolute Gasteiger partial charge is 0.314 e. The molecule has 0 aliphatic rings. The van der Waals surface area contributed by atoms with Gasteiger partial charge in [0.05, 0.1) is 0 Å². The summed E-state index contributed by atoms with van der Waals surface area (Å²) in [7, 11) is 0. The van der Waals surface area contributed by atoms with E-state index in [1.807, 2.05) is 12.1 Å². The van der Waals surface area contributed by atoms with E-state index < -0.39 is 0 Å². The monoisotopic (exact) mass is 209 g/mol.